The van der Waals surface area contributed by atoms with E-state index in [2.05, 4.69) is 12.2 Å². The largest absolute Gasteiger partial charge is 0.454 e. The molecular weight excluding hydrogens is 256 g/mol. The van der Waals surface area contributed by atoms with Crippen molar-refractivity contribution < 1.29 is 14.3 Å². The molecule has 0 radical (unpaired) electrons. The molecule has 5 heteroatoms. The number of hydrogen-bond acceptors (Lipinski definition) is 3. The minimum Gasteiger partial charge on any atom is -0.454 e. The van der Waals surface area contributed by atoms with Gasteiger partial charge in [0.15, 0.2) is 11.5 Å². The molecule has 0 saturated carbocycles. The van der Waals surface area contributed by atoms with E-state index in [1.807, 2.05) is 23.1 Å². The number of fused-ring (bicyclic) bond motifs is 1. The van der Waals surface area contributed by atoms with E-state index in [0.29, 0.717) is 6.54 Å². The summed E-state index contributed by atoms with van der Waals surface area (Å²) in [5.74, 6) is 2.25. The second-order valence-corrected chi connectivity index (χ2v) is 5.52. The topological polar surface area (TPSA) is 50.8 Å². The summed E-state index contributed by atoms with van der Waals surface area (Å²) in [6, 6.07) is 5.77. The molecule has 0 aliphatic carbocycles. The van der Waals surface area contributed by atoms with Crippen LogP contribution < -0.4 is 14.8 Å². The zero-order valence-electron chi connectivity index (χ0n) is 11.7. The normalized spacial score (nSPS) is 18.1. The summed E-state index contributed by atoms with van der Waals surface area (Å²) in [5.41, 5.74) is 1.02. The fourth-order valence-electron chi connectivity index (χ4n) is 2.55. The molecule has 1 aromatic rings. The highest BCUT2D eigenvalue weighted by molar-refractivity contribution is 5.74. The van der Waals surface area contributed by atoms with Crippen molar-refractivity contribution >= 4 is 6.03 Å². The van der Waals surface area contributed by atoms with Gasteiger partial charge in [0.05, 0.1) is 0 Å². The lowest BCUT2D eigenvalue weighted by molar-refractivity contribution is 0.173. The van der Waals surface area contributed by atoms with Crippen molar-refractivity contribution in [2.45, 2.75) is 26.3 Å². The fraction of sp³-hybridized carbons (Fsp3) is 0.533. The molecule has 3 rings (SSSR count). The van der Waals surface area contributed by atoms with Crippen LogP contribution in [0.3, 0.4) is 0 Å². The molecule has 2 aliphatic heterocycles. The number of carbonyl (C=O) groups excluding carboxylic acids is 1. The van der Waals surface area contributed by atoms with Gasteiger partial charge in [-0.1, -0.05) is 13.0 Å². The summed E-state index contributed by atoms with van der Waals surface area (Å²) in [6.07, 6.45) is 2.19. The average Bonchev–Trinajstić information content (AvgIpc) is 2.93. The van der Waals surface area contributed by atoms with E-state index >= 15 is 0 Å². The molecule has 20 heavy (non-hydrogen) atoms. The Morgan fingerprint density at radius 1 is 1.30 bits per heavy atom. The van der Waals surface area contributed by atoms with Crippen LogP contribution in [-0.2, 0) is 6.54 Å². The molecule has 0 bridgehead atoms. The third-order valence-corrected chi connectivity index (χ3v) is 3.95. The monoisotopic (exact) mass is 276 g/mol. The smallest absolute Gasteiger partial charge is 0.317 e. The molecule has 1 aromatic carbocycles. The summed E-state index contributed by atoms with van der Waals surface area (Å²) in [4.78, 5) is 14.0. The van der Waals surface area contributed by atoms with Crippen LogP contribution in [0.5, 0.6) is 11.5 Å². The lowest BCUT2D eigenvalue weighted by Crippen LogP contribution is -2.43. The van der Waals surface area contributed by atoms with Gasteiger partial charge in [-0.2, -0.15) is 0 Å². The number of piperidine rings is 1. The Kier molecular flexibility index (Phi) is 3.67. The van der Waals surface area contributed by atoms with Gasteiger partial charge in [-0.15, -0.1) is 0 Å². The second kappa shape index (κ2) is 5.61. The van der Waals surface area contributed by atoms with Gasteiger partial charge in [-0.25, -0.2) is 4.79 Å². The summed E-state index contributed by atoms with van der Waals surface area (Å²) in [6.45, 7) is 4.74. The molecule has 0 spiro atoms. The molecule has 1 saturated heterocycles. The lowest BCUT2D eigenvalue weighted by Gasteiger charge is -2.30. The lowest BCUT2D eigenvalue weighted by atomic mass is 10.00. The predicted octanol–water partition coefficient (Wildman–Crippen LogP) is 2.36. The van der Waals surface area contributed by atoms with E-state index in [4.69, 9.17) is 9.47 Å². The van der Waals surface area contributed by atoms with E-state index in [0.717, 1.165) is 48.9 Å². The summed E-state index contributed by atoms with van der Waals surface area (Å²) in [7, 11) is 0. The Labute approximate surface area is 118 Å². The first-order valence-electron chi connectivity index (χ1n) is 7.13. The highest BCUT2D eigenvalue weighted by Gasteiger charge is 2.20. The quantitative estimate of drug-likeness (QED) is 0.902. The molecule has 2 heterocycles. The first-order valence-corrected chi connectivity index (χ1v) is 7.13. The molecule has 2 aliphatic rings. The molecule has 5 nitrogen and oxygen atoms in total. The number of nitrogens with one attached hydrogen (secondary N) is 1. The number of benzene rings is 1. The number of ether oxygens (including phenoxy) is 2. The molecule has 0 aromatic heterocycles. The summed E-state index contributed by atoms with van der Waals surface area (Å²) < 4.78 is 10.6. The predicted molar refractivity (Wildman–Crippen MR) is 74.8 cm³/mol. The molecule has 0 unspecified atom stereocenters. The number of carbonyl (C=O) groups is 1. The maximum atomic E-state index is 12.1. The van der Waals surface area contributed by atoms with Gasteiger partial charge in [0.1, 0.15) is 0 Å². The first kappa shape index (κ1) is 13.1. The Hall–Kier alpha value is -1.91. The van der Waals surface area contributed by atoms with Crippen LogP contribution in [0.4, 0.5) is 4.79 Å². The third kappa shape index (κ3) is 2.81. The van der Waals surface area contributed by atoms with Crippen LogP contribution in [0.15, 0.2) is 18.2 Å². The zero-order valence-corrected chi connectivity index (χ0v) is 11.7. The van der Waals surface area contributed by atoms with Crippen LogP contribution in [0.2, 0.25) is 0 Å². The van der Waals surface area contributed by atoms with E-state index in [-0.39, 0.29) is 12.8 Å². The highest BCUT2D eigenvalue weighted by Crippen LogP contribution is 2.32. The van der Waals surface area contributed by atoms with Gasteiger partial charge < -0.3 is 19.7 Å². The van der Waals surface area contributed by atoms with E-state index in [1.165, 1.54) is 0 Å². The third-order valence-electron chi connectivity index (χ3n) is 3.95. The number of nitrogens with zero attached hydrogens (tertiary/aromatic N) is 1. The SMILES string of the molecule is CC1CCN(C(=O)NCc2ccc3c(c2)OCO3)CC1. The molecule has 1 N–H and O–H groups in total. The van der Waals surface area contributed by atoms with Crippen molar-refractivity contribution in [1.29, 1.82) is 0 Å². The molecular formula is C15H20N2O3. The summed E-state index contributed by atoms with van der Waals surface area (Å²) >= 11 is 0. The maximum Gasteiger partial charge on any atom is 0.317 e. The Morgan fingerprint density at radius 3 is 2.85 bits per heavy atom. The van der Waals surface area contributed by atoms with Gasteiger partial charge in [0.2, 0.25) is 6.79 Å². The van der Waals surface area contributed by atoms with Crippen molar-refractivity contribution in [2.75, 3.05) is 19.9 Å². The first-order chi connectivity index (χ1) is 9.72. The Bertz CT molecular complexity index is 496. The van der Waals surface area contributed by atoms with Crippen molar-refractivity contribution in [1.82, 2.24) is 10.2 Å². The minimum atomic E-state index is 0.0227. The maximum absolute atomic E-state index is 12.1. The fourth-order valence-corrected chi connectivity index (χ4v) is 2.55. The molecule has 1 fully saturated rings. The van der Waals surface area contributed by atoms with Gasteiger partial charge in [-0.05, 0) is 36.5 Å². The number of rotatable bonds is 2. The zero-order chi connectivity index (χ0) is 13.9. The van der Waals surface area contributed by atoms with Crippen molar-refractivity contribution in [3.8, 4) is 11.5 Å². The molecule has 2 amide bonds. The van der Waals surface area contributed by atoms with Crippen molar-refractivity contribution in [2.24, 2.45) is 5.92 Å². The molecule has 0 atom stereocenters. The Morgan fingerprint density at radius 2 is 2.05 bits per heavy atom. The van der Waals surface area contributed by atoms with Crippen LogP contribution in [0.25, 0.3) is 0 Å². The van der Waals surface area contributed by atoms with Gasteiger partial charge in [-0.3, -0.25) is 0 Å². The Balaban J connectivity index is 1.53. The highest BCUT2D eigenvalue weighted by atomic mass is 16.7. The minimum absolute atomic E-state index is 0.0227. The van der Waals surface area contributed by atoms with Crippen LogP contribution in [0, 0.1) is 5.92 Å². The molecule has 108 valence electrons. The van der Waals surface area contributed by atoms with Crippen LogP contribution in [-0.4, -0.2) is 30.8 Å². The van der Waals surface area contributed by atoms with E-state index in [9.17, 15) is 4.79 Å². The van der Waals surface area contributed by atoms with Crippen LogP contribution in [0.1, 0.15) is 25.3 Å². The number of likely N-dealkylation sites (tertiary alicyclic amines) is 1. The average molecular weight is 276 g/mol. The number of urea groups is 1. The second-order valence-electron chi connectivity index (χ2n) is 5.52. The van der Waals surface area contributed by atoms with Gasteiger partial charge in [0, 0.05) is 19.6 Å². The van der Waals surface area contributed by atoms with Crippen LogP contribution >= 0.6 is 0 Å². The standard InChI is InChI=1S/C15H20N2O3/c1-11-4-6-17(7-5-11)15(18)16-9-12-2-3-13-14(8-12)20-10-19-13/h2-3,8,11H,4-7,9-10H2,1H3,(H,16,18). The van der Waals surface area contributed by atoms with E-state index < -0.39 is 0 Å². The van der Waals surface area contributed by atoms with Gasteiger partial charge >= 0.3 is 6.03 Å². The van der Waals surface area contributed by atoms with Crippen molar-refractivity contribution in [3.63, 3.8) is 0 Å². The number of hydrogen-bond donors (Lipinski definition) is 1. The van der Waals surface area contributed by atoms with E-state index in [1.54, 1.807) is 0 Å². The summed E-state index contributed by atoms with van der Waals surface area (Å²) in [5, 5.41) is 2.97. The number of amides is 2. The van der Waals surface area contributed by atoms with Crippen molar-refractivity contribution in [3.05, 3.63) is 23.8 Å². The van der Waals surface area contributed by atoms with Gasteiger partial charge in [0.25, 0.3) is 0 Å².